The molecule has 10 nitrogen and oxygen atoms in total. The van der Waals surface area contributed by atoms with E-state index in [-0.39, 0.29) is 63.2 Å². The second-order valence-electron chi connectivity index (χ2n) is 27.3. The van der Waals surface area contributed by atoms with Gasteiger partial charge in [0.1, 0.15) is 6.33 Å². The first-order chi connectivity index (χ1) is 48.8. The van der Waals surface area contributed by atoms with Gasteiger partial charge in [-0.2, -0.15) is 0 Å². The fourth-order valence-electron chi connectivity index (χ4n) is 11.5. The van der Waals surface area contributed by atoms with E-state index in [4.69, 9.17) is 20.2 Å². The minimum absolute atomic E-state index is 0. The van der Waals surface area contributed by atoms with Gasteiger partial charge in [0.25, 0.3) is 0 Å². The van der Waals surface area contributed by atoms with E-state index in [1.165, 1.54) is 49.7 Å². The second-order valence-corrected chi connectivity index (χ2v) is 27.3. The quantitative estimate of drug-likeness (QED) is 0.0783. The molecule has 14 aromatic rings. The van der Waals surface area contributed by atoms with Crippen molar-refractivity contribution >= 4 is 38.9 Å². The number of aliphatic hydroxyl groups is 4. The van der Waals surface area contributed by atoms with E-state index in [0.717, 1.165) is 67.8 Å². The smallest absolute Gasteiger partial charge is 0.105 e. The van der Waals surface area contributed by atoms with Gasteiger partial charge < -0.3 is 34.9 Å². The molecule has 528 valence electrons. The molecule has 0 amide bonds. The van der Waals surface area contributed by atoms with Crippen molar-refractivity contribution in [2.75, 3.05) is 4.90 Å². The van der Waals surface area contributed by atoms with E-state index in [9.17, 15) is 10.2 Å². The Hall–Kier alpha value is -9.68. The second kappa shape index (κ2) is 38.0. The first-order valence-corrected chi connectivity index (χ1v) is 34.4. The zero-order valence-corrected chi connectivity index (χ0v) is 64.6. The zero-order chi connectivity index (χ0) is 71.3. The van der Waals surface area contributed by atoms with Gasteiger partial charge in [0.2, 0.25) is 0 Å². The van der Waals surface area contributed by atoms with Gasteiger partial charge in [0, 0.05) is 103 Å². The third kappa shape index (κ3) is 21.9. The van der Waals surface area contributed by atoms with E-state index in [0.29, 0.717) is 12.8 Å². The van der Waals surface area contributed by atoms with Gasteiger partial charge in [-0.1, -0.05) is 224 Å². The van der Waals surface area contributed by atoms with Crippen molar-refractivity contribution in [2.45, 2.75) is 99.6 Å². The molecule has 14 rings (SSSR count). The number of para-hydroxylation sites is 3. The molecule has 0 aliphatic rings. The molecule has 0 aliphatic carbocycles. The number of anilines is 3. The number of aliphatic hydroxyl groups excluding tert-OH is 4. The molecule has 0 saturated heterocycles. The molecule has 103 heavy (non-hydrogen) atoms. The van der Waals surface area contributed by atoms with E-state index < -0.39 is 12.2 Å². The largest absolute Gasteiger partial charge is 0.393 e. The van der Waals surface area contributed by atoms with Gasteiger partial charge in [-0.25, -0.2) is 4.98 Å². The maximum Gasteiger partial charge on any atom is 0.105 e. The molecule has 4 N–H and O–H groups in total. The molecule has 0 aliphatic heterocycles. The molecule has 0 spiro atoms. The van der Waals surface area contributed by atoms with Crippen LogP contribution in [0.2, 0.25) is 0 Å². The van der Waals surface area contributed by atoms with E-state index in [1.54, 1.807) is 20.2 Å². The van der Waals surface area contributed by atoms with Crippen LogP contribution in [-0.4, -0.2) is 69.3 Å². The van der Waals surface area contributed by atoms with Crippen LogP contribution in [0.15, 0.2) is 310 Å². The van der Waals surface area contributed by atoms with Crippen molar-refractivity contribution in [1.82, 2.24) is 24.5 Å². The van der Waals surface area contributed by atoms with Crippen molar-refractivity contribution in [3.8, 4) is 73.0 Å². The molecular weight excluding hydrogens is 1630 g/mol. The Bertz CT molecular complexity index is 4790. The predicted octanol–water partition coefficient (Wildman–Crippen LogP) is 21.4. The number of rotatable bonds is 14. The maximum atomic E-state index is 9.76. The summed E-state index contributed by atoms with van der Waals surface area (Å²) in [6.45, 7) is 17.1. The molecule has 0 fully saturated rings. The molecule has 2 radical (unpaired) electrons. The normalized spacial score (nSPS) is 12.1. The Balaban J connectivity index is 0.000000190. The molecule has 12 heteroatoms. The Morgan fingerprint density at radius 3 is 1.33 bits per heavy atom. The van der Waals surface area contributed by atoms with Crippen LogP contribution in [-0.2, 0) is 40.2 Å². The molecule has 0 bridgehead atoms. The number of hydrogen-bond acceptors (Lipinski definition) is 9. The van der Waals surface area contributed by atoms with Crippen molar-refractivity contribution in [1.29, 1.82) is 0 Å². The predicted molar refractivity (Wildman–Crippen MR) is 418 cm³/mol. The molecule has 0 saturated carbocycles. The van der Waals surface area contributed by atoms with Gasteiger partial charge in [-0.3, -0.25) is 9.97 Å². The van der Waals surface area contributed by atoms with Crippen LogP contribution in [0.5, 0.6) is 0 Å². The fourth-order valence-corrected chi connectivity index (χ4v) is 11.5. The third-order valence-electron chi connectivity index (χ3n) is 17.2. The Morgan fingerprint density at radius 1 is 0.388 bits per heavy atom. The van der Waals surface area contributed by atoms with Crippen molar-refractivity contribution in [2.24, 2.45) is 10.8 Å². The Labute approximate surface area is 635 Å². The fraction of sp³-hybridized carbons (Fsp3) is 0.187. The van der Waals surface area contributed by atoms with Crippen LogP contribution in [0.25, 0.3) is 94.8 Å². The van der Waals surface area contributed by atoms with Crippen molar-refractivity contribution in [3.05, 3.63) is 328 Å². The van der Waals surface area contributed by atoms with Gasteiger partial charge in [0.05, 0.1) is 46.8 Å². The van der Waals surface area contributed by atoms with Crippen LogP contribution in [0.3, 0.4) is 0 Å². The first-order valence-electron chi connectivity index (χ1n) is 34.4. The van der Waals surface area contributed by atoms with E-state index >= 15 is 0 Å². The van der Waals surface area contributed by atoms with Crippen molar-refractivity contribution < 1.29 is 60.6 Å². The van der Waals surface area contributed by atoms with Crippen molar-refractivity contribution in [3.63, 3.8) is 0 Å². The summed E-state index contributed by atoms with van der Waals surface area (Å²) in [5, 5.41) is 39.2. The monoisotopic (exact) mass is 1720 g/mol. The summed E-state index contributed by atoms with van der Waals surface area (Å²) >= 11 is 0. The summed E-state index contributed by atoms with van der Waals surface area (Å²) < 4.78 is 2.36. The van der Waals surface area contributed by atoms with Gasteiger partial charge in [-0.05, 0) is 138 Å². The van der Waals surface area contributed by atoms with Gasteiger partial charge >= 0.3 is 0 Å². The van der Waals surface area contributed by atoms with Crippen LogP contribution in [0.4, 0.5) is 17.1 Å². The number of hydrogen-bond donors (Lipinski definition) is 4. The van der Waals surface area contributed by atoms with Crippen LogP contribution >= 0.6 is 0 Å². The number of fused-ring (bicyclic) bond motifs is 3. The first kappa shape index (κ1) is 79.0. The number of aromatic nitrogens is 5. The van der Waals surface area contributed by atoms with E-state index in [2.05, 4.69) is 226 Å². The Morgan fingerprint density at radius 2 is 0.825 bits per heavy atom. The van der Waals surface area contributed by atoms with Crippen LogP contribution < -0.4 is 4.90 Å². The summed E-state index contributed by atoms with van der Waals surface area (Å²) in [4.78, 5) is 20.1. The number of nitrogens with zero attached hydrogens (tertiary/aromatic N) is 6. The average Bonchev–Trinajstić information content (AvgIpc) is 1.60. The minimum Gasteiger partial charge on any atom is -0.393 e. The summed E-state index contributed by atoms with van der Waals surface area (Å²) in [6.07, 6.45) is 2.69. The summed E-state index contributed by atoms with van der Waals surface area (Å²) in [5.74, 6) is 0. The molecular formula is C91H90Ir2N6O4-2. The number of benzene rings is 11. The van der Waals surface area contributed by atoms with E-state index in [1.807, 2.05) is 158 Å². The molecule has 4 atom stereocenters. The van der Waals surface area contributed by atoms with Crippen LogP contribution in [0, 0.1) is 29.9 Å². The minimum atomic E-state index is -0.443. The summed E-state index contributed by atoms with van der Waals surface area (Å²) in [7, 11) is 0. The standard InChI is InChI=1S/C42H30N2.C22H15N2.C11H9N2.C11H24O2.C5H12O2.2Ir/c1-4-12-31(13-5-1)32-20-25-37(26-21-32)43(35-14-6-2-7-15-35)38-27-22-33(23-28-38)34-24-29-42-40(30-34)39-18-10-11-19-41(39)44(42)36-16-8-3-9-17-36;1-4-10-17(11-5-1)20-16-23-21(18-12-6-2-7-13-18)22(24-20)19-14-8-3-9-15-19;1-9-7-11(13-8-12-9)10-5-3-2-4-6-10;1-10(2,3)8(12)7-9(13)11(4,5)6;1-4(6)3-5(2)7;;/h1-30H;1-12,14-16H;2-5,7-8H,1H3;8-9,12-13H,7H2,1-6H3;4-7H,3H2,1-2H3;;/q;2*-1;;;;. The molecule has 4 unspecified atom stereocenters. The summed E-state index contributed by atoms with van der Waals surface area (Å²) in [5.41, 5.74) is 20.1. The molecule has 3 heterocycles. The average molecular weight is 1720 g/mol. The number of aryl methyl sites for hydroxylation is 1. The van der Waals surface area contributed by atoms with Gasteiger partial charge in [-0.15, -0.1) is 71.8 Å². The summed E-state index contributed by atoms with van der Waals surface area (Å²) in [6, 6.07) is 109. The maximum absolute atomic E-state index is 9.76. The topological polar surface area (TPSA) is 141 Å². The third-order valence-corrected chi connectivity index (χ3v) is 17.2. The van der Waals surface area contributed by atoms with Gasteiger partial charge in [0.15, 0.2) is 0 Å². The van der Waals surface area contributed by atoms with Crippen LogP contribution in [0.1, 0.15) is 73.9 Å². The molecule has 11 aromatic carbocycles. The Kier molecular flexibility index (Phi) is 29.2. The molecule has 3 aromatic heterocycles. The zero-order valence-electron chi connectivity index (χ0n) is 59.8. The SMILES string of the molecule is CC(C)(C)C(O)CC(O)C(C)(C)C.CC(O)CC(C)O.Cc1cc(-c2[c-]cccc2)ncn1.[Ir].[Ir].[c-]1ccccc1-c1ncc(-c2ccccc2)nc1-c1ccccc1.c1ccc(-c2ccc(N(c3ccccc3)c3ccc(-c4ccc5c(c4)c4ccccc4n5-c4ccccc4)cc3)cc2)cc1.